The fourth-order valence-corrected chi connectivity index (χ4v) is 9.28. The Hall–Kier alpha value is -1.03. The van der Waals surface area contributed by atoms with Crippen molar-refractivity contribution >= 4 is 14.2 Å². The lowest BCUT2D eigenvalue weighted by atomic mass is 9.86. The molecule has 0 aromatic heterocycles. The van der Waals surface area contributed by atoms with Crippen LogP contribution in [0.4, 0.5) is 12.9 Å². The van der Waals surface area contributed by atoms with E-state index in [1.165, 1.54) is 25.7 Å². The fraction of sp³-hybridized carbons (Fsp3) is 0.636. The molecule has 4 heteroatoms. The quantitative estimate of drug-likeness (QED) is 0.358. The Morgan fingerprint density at radius 2 is 1.65 bits per heavy atom. The van der Waals surface area contributed by atoms with Crippen molar-refractivity contribution in [1.82, 2.24) is 0 Å². The largest absolute Gasteiger partial charge is 0.314 e. The Balaban J connectivity index is 1.55. The lowest BCUT2D eigenvalue weighted by Gasteiger charge is -2.40. The van der Waals surface area contributed by atoms with Gasteiger partial charge in [-0.25, -0.2) is 8.78 Å². The third-order valence-corrected chi connectivity index (χ3v) is 11.1. The summed E-state index contributed by atoms with van der Waals surface area (Å²) in [5, 5.41) is 0. The molecule has 0 spiro atoms. The molecule has 0 nitrogen and oxygen atoms in total. The molecule has 1 aliphatic carbocycles. The Kier molecular flexibility index (Phi) is 6.65. The van der Waals surface area contributed by atoms with Crippen molar-refractivity contribution in [1.29, 1.82) is 0 Å². The molecule has 0 amide bonds. The van der Waals surface area contributed by atoms with Crippen LogP contribution in [0.3, 0.4) is 0 Å². The summed E-state index contributed by atoms with van der Waals surface area (Å²) < 4.78 is 41.3. The van der Waals surface area contributed by atoms with Gasteiger partial charge in [-0.2, -0.15) is 0 Å². The van der Waals surface area contributed by atoms with Gasteiger partial charge in [-0.15, -0.1) is 0 Å². The number of benzene rings is 1. The van der Waals surface area contributed by atoms with Gasteiger partial charge in [0.25, 0.3) is 0 Å². The summed E-state index contributed by atoms with van der Waals surface area (Å²) in [5.74, 6) is 0.366. The summed E-state index contributed by atoms with van der Waals surface area (Å²) in [5.41, 5.74) is 1.79. The molecule has 0 radical (unpaired) electrons. The van der Waals surface area contributed by atoms with Crippen LogP contribution in [-0.4, -0.2) is 8.41 Å². The second-order valence-corrected chi connectivity index (χ2v) is 12.3. The second kappa shape index (κ2) is 8.77. The standard InChI is InChI=1S/C22H31F3Si/c1-2-3-17-4-10-21(11-5-17)26(25)14-12-19(13-15-26)18-6-8-20(9-7-18)22(24)16-23/h6-9,16-17,19,21H,2-5,10-15H2,1H3/b22-16-/t17-,19?,21-,26?. The number of halogens is 3. The summed E-state index contributed by atoms with van der Waals surface area (Å²) in [4.78, 5) is 0. The highest BCUT2D eigenvalue weighted by Crippen LogP contribution is 2.50. The fourth-order valence-electron chi connectivity index (χ4n) is 5.19. The molecule has 1 aromatic rings. The summed E-state index contributed by atoms with van der Waals surface area (Å²) in [6, 6.07) is 8.58. The van der Waals surface area contributed by atoms with Crippen LogP contribution in [0.25, 0.3) is 5.83 Å². The maximum atomic E-state index is 15.7. The van der Waals surface area contributed by atoms with E-state index in [0.717, 1.165) is 49.3 Å². The van der Waals surface area contributed by atoms with E-state index in [1.807, 2.05) is 12.1 Å². The zero-order valence-corrected chi connectivity index (χ0v) is 16.8. The van der Waals surface area contributed by atoms with Crippen LogP contribution in [0.2, 0.25) is 17.6 Å². The normalized spacial score (nSPS) is 33.2. The van der Waals surface area contributed by atoms with Gasteiger partial charge in [-0.3, -0.25) is 0 Å². The van der Waals surface area contributed by atoms with Crippen molar-refractivity contribution in [3.8, 4) is 0 Å². The zero-order chi connectivity index (χ0) is 18.6. The van der Waals surface area contributed by atoms with Crippen LogP contribution >= 0.6 is 0 Å². The van der Waals surface area contributed by atoms with Gasteiger partial charge in [-0.05, 0) is 47.9 Å². The highest BCUT2D eigenvalue weighted by atomic mass is 28.4. The number of hydrogen-bond acceptors (Lipinski definition) is 0. The summed E-state index contributed by atoms with van der Waals surface area (Å²) in [6.07, 6.45) is 9.07. The van der Waals surface area contributed by atoms with Crippen molar-refractivity contribution in [2.75, 3.05) is 0 Å². The summed E-state index contributed by atoms with van der Waals surface area (Å²) in [7, 11) is -2.62. The van der Waals surface area contributed by atoms with Gasteiger partial charge in [-0.1, -0.05) is 69.7 Å². The number of hydrogen-bond donors (Lipinski definition) is 0. The molecule has 1 heterocycles. The predicted octanol–water partition coefficient (Wildman–Crippen LogP) is 8.08. The molecule has 2 fully saturated rings. The highest BCUT2D eigenvalue weighted by Gasteiger charge is 2.46. The van der Waals surface area contributed by atoms with Crippen LogP contribution in [0, 0.1) is 5.92 Å². The minimum absolute atomic E-state index is 0.00604. The monoisotopic (exact) mass is 380 g/mol. The minimum atomic E-state index is -2.62. The van der Waals surface area contributed by atoms with E-state index >= 15 is 4.11 Å². The van der Waals surface area contributed by atoms with Crippen molar-refractivity contribution in [3.05, 3.63) is 41.7 Å². The summed E-state index contributed by atoms with van der Waals surface area (Å²) in [6.45, 7) is 2.24. The molecule has 26 heavy (non-hydrogen) atoms. The number of rotatable bonds is 5. The Bertz CT molecular complexity index is 594. The maximum absolute atomic E-state index is 15.7. The lowest BCUT2D eigenvalue weighted by molar-refractivity contribution is 0.322. The maximum Gasteiger partial charge on any atom is 0.250 e. The first-order valence-electron chi connectivity index (χ1n) is 10.3. The van der Waals surface area contributed by atoms with Gasteiger partial charge in [0.15, 0.2) is 5.83 Å². The first-order chi connectivity index (χ1) is 12.6. The average molecular weight is 381 g/mol. The van der Waals surface area contributed by atoms with Gasteiger partial charge in [0.2, 0.25) is 8.41 Å². The predicted molar refractivity (Wildman–Crippen MR) is 106 cm³/mol. The van der Waals surface area contributed by atoms with Crippen molar-refractivity contribution in [2.45, 2.75) is 81.8 Å². The molecule has 1 aromatic carbocycles. The van der Waals surface area contributed by atoms with Gasteiger partial charge in [0, 0.05) is 5.56 Å². The molecule has 1 saturated carbocycles. The van der Waals surface area contributed by atoms with Crippen LogP contribution in [0.5, 0.6) is 0 Å². The van der Waals surface area contributed by atoms with Gasteiger partial charge < -0.3 is 4.11 Å². The SMILES string of the molecule is CCC[C@H]1CC[C@H]([Si]2(F)CCC(c3ccc(/C(F)=C/F)cc3)CC2)CC1. The van der Waals surface area contributed by atoms with E-state index < -0.39 is 14.2 Å². The van der Waals surface area contributed by atoms with E-state index in [1.54, 1.807) is 12.1 Å². The van der Waals surface area contributed by atoms with Crippen LogP contribution in [-0.2, 0) is 0 Å². The average Bonchev–Trinajstić information content (AvgIpc) is 2.69. The lowest BCUT2D eigenvalue weighted by Crippen LogP contribution is -2.40. The van der Waals surface area contributed by atoms with E-state index in [-0.39, 0.29) is 11.9 Å². The smallest absolute Gasteiger partial charge is 0.250 e. The Labute approximate surface area is 157 Å². The van der Waals surface area contributed by atoms with Gasteiger partial charge in [0.1, 0.15) is 6.33 Å². The zero-order valence-electron chi connectivity index (χ0n) is 15.8. The Morgan fingerprint density at radius 3 is 2.19 bits per heavy atom. The second-order valence-electron chi connectivity index (χ2n) is 8.39. The minimum Gasteiger partial charge on any atom is -0.314 e. The summed E-state index contributed by atoms with van der Waals surface area (Å²) >= 11 is 0. The molecule has 1 saturated heterocycles. The van der Waals surface area contributed by atoms with Crippen LogP contribution < -0.4 is 0 Å². The van der Waals surface area contributed by atoms with Crippen LogP contribution in [0.15, 0.2) is 30.6 Å². The van der Waals surface area contributed by atoms with Crippen molar-refractivity contribution in [3.63, 3.8) is 0 Å². The molecule has 0 N–H and O–H groups in total. The first-order valence-corrected chi connectivity index (χ1v) is 12.7. The highest BCUT2D eigenvalue weighted by molar-refractivity contribution is 6.74. The third-order valence-electron chi connectivity index (χ3n) is 6.85. The third kappa shape index (κ3) is 4.44. The molecule has 1 aliphatic heterocycles. The molecule has 0 bridgehead atoms. The molecular weight excluding hydrogens is 349 g/mol. The van der Waals surface area contributed by atoms with Gasteiger partial charge in [0.05, 0.1) is 0 Å². The molecule has 2 aliphatic rings. The first kappa shape index (κ1) is 19.7. The van der Waals surface area contributed by atoms with E-state index in [9.17, 15) is 8.78 Å². The topological polar surface area (TPSA) is 0 Å². The van der Waals surface area contributed by atoms with E-state index in [2.05, 4.69) is 6.92 Å². The van der Waals surface area contributed by atoms with Crippen LogP contribution in [0.1, 0.15) is 75.3 Å². The molecule has 3 rings (SSSR count). The van der Waals surface area contributed by atoms with Gasteiger partial charge >= 0.3 is 0 Å². The molecule has 0 unspecified atom stereocenters. The molecule has 144 valence electrons. The molecular formula is C22H31F3Si. The molecule has 0 atom stereocenters. The van der Waals surface area contributed by atoms with Crippen molar-refractivity contribution in [2.24, 2.45) is 5.92 Å². The van der Waals surface area contributed by atoms with Crippen molar-refractivity contribution < 1.29 is 12.9 Å². The van der Waals surface area contributed by atoms with E-state index in [4.69, 9.17) is 0 Å². The van der Waals surface area contributed by atoms with E-state index in [0.29, 0.717) is 11.5 Å². The Morgan fingerprint density at radius 1 is 1.04 bits per heavy atom.